The summed E-state index contributed by atoms with van der Waals surface area (Å²) in [5, 5.41) is 0. The highest BCUT2D eigenvalue weighted by Gasteiger charge is 2.18. The van der Waals surface area contributed by atoms with Gasteiger partial charge in [0.1, 0.15) is 0 Å². The predicted octanol–water partition coefficient (Wildman–Crippen LogP) is 3.53. The van der Waals surface area contributed by atoms with Crippen LogP contribution in [0, 0.1) is 5.41 Å². The molecule has 2 N–H and O–H groups in total. The minimum atomic E-state index is -0.0192. The Morgan fingerprint density at radius 2 is 1.83 bits per heavy atom. The molecule has 0 saturated heterocycles. The van der Waals surface area contributed by atoms with Gasteiger partial charge < -0.3 is 15.2 Å². The summed E-state index contributed by atoms with van der Waals surface area (Å²) in [5.74, 6) is 1.49. The van der Waals surface area contributed by atoms with Crippen molar-refractivity contribution in [1.29, 1.82) is 0 Å². The molecule has 1 unspecified atom stereocenters. The van der Waals surface area contributed by atoms with Crippen LogP contribution in [0.2, 0.25) is 0 Å². The van der Waals surface area contributed by atoms with Crippen molar-refractivity contribution in [2.24, 2.45) is 11.1 Å². The van der Waals surface area contributed by atoms with Crippen LogP contribution in [0.1, 0.15) is 45.2 Å². The Balaban J connectivity index is 2.88. The van der Waals surface area contributed by atoms with Crippen molar-refractivity contribution in [3.05, 3.63) is 23.8 Å². The zero-order chi connectivity index (χ0) is 13.8. The number of para-hydroxylation sites is 1. The lowest BCUT2D eigenvalue weighted by atomic mass is 9.87. The summed E-state index contributed by atoms with van der Waals surface area (Å²) < 4.78 is 10.7. The number of ether oxygens (including phenoxy) is 2. The minimum Gasteiger partial charge on any atom is -0.493 e. The van der Waals surface area contributed by atoms with Gasteiger partial charge in [0.05, 0.1) is 14.2 Å². The number of nitrogens with two attached hydrogens (primary N) is 1. The van der Waals surface area contributed by atoms with Gasteiger partial charge in [0.2, 0.25) is 0 Å². The summed E-state index contributed by atoms with van der Waals surface area (Å²) in [6.45, 7) is 6.67. The van der Waals surface area contributed by atoms with E-state index in [1.165, 1.54) is 0 Å². The highest BCUT2D eigenvalue weighted by molar-refractivity contribution is 5.47. The lowest BCUT2D eigenvalue weighted by molar-refractivity contribution is 0.334. The third-order valence-electron chi connectivity index (χ3n) is 3.04. The van der Waals surface area contributed by atoms with E-state index in [2.05, 4.69) is 20.8 Å². The molecule has 102 valence electrons. The highest BCUT2D eigenvalue weighted by atomic mass is 16.5. The highest BCUT2D eigenvalue weighted by Crippen LogP contribution is 2.36. The van der Waals surface area contributed by atoms with Gasteiger partial charge in [-0.3, -0.25) is 0 Å². The smallest absolute Gasteiger partial charge is 0.165 e. The molecule has 0 aliphatic rings. The maximum absolute atomic E-state index is 6.27. The van der Waals surface area contributed by atoms with Gasteiger partial charge in [-0.05, 0) is 24.3 Å². The molecule has 0 saturated carbocycles. The minimum absolute atomic E-state index is 0.0192. The quantitative estimate of drug-likeness (QED) is 0.870. The van der Waals surface area contributed by atoms with E-state index in [-0.39, 0.29) is 6.04 Å². The zero-order valence-electron chi connectivity index (χ0n) is 12.1. The first-order valence-corrected chi connectivity index (χ1v) is 6.35. The van der Waals surface area contributed by atoms with Crippen LogP contribution in [0.15, 0.2) is 18.2 Å². The van der Waals surface area contributed by atoms with E-state index in [1.807, 2.05) is 18.2 Å². The third kappa shape index (κ3) is 3.91. The second kappa shape index (κ2) is 6.10. The van der Waals surface area contributed by atoms with Crippen LogP contribution in [0.5, 0.6) is 11.5 Å². The molecule has 0 bridgehead atoms. The normalized spacial score (nSPS) is 13.2. The molecule has 3 heteroatoms. The van der Waals surface area contributed by atoms with Gasteiger partial charge in [-0.25, -0.2) is 0 Å². The molecule has 1 rings (SSSR count). The summed E-state index contributed by atoms with van der Waals surface area (Å²) >= 11 is 0. The van der Waals surface area contributed by atoms with Crippen LogP contribution in [0.25, 0.3) is 0 Å². The number of hydrogen-bond acceptors (Lipinski definition) is 3. The van der Waals surface area contributed by atoms with E-state index >= 15 is 0 Å². The molecule has 0 radical (unpaired) electrons. The zero-order valence-corrected chi connectivity index (χ0v) is 12.1. The van der Waals surface area contributed by atoms with Crippen LogP contribution < -0.4 is 15.2 Å². The van der Waals surface area contributed by atoms with Gasteiger partial charge in [-0.15, -0.1) is 0 Å². The van der Waals surface area contributed by atoms with Crippen molar-refractivity contribution in [1.82, 2.24) is 0 Å². The van der Waals surface area contributed by atoms with Gasteiger partial charge in [-0.1, -0.05) is 32.9 Å². The van der Waals surface area contributed by atoms with E-state index in [1.54, 1.807) is 14.2 Å². The Bertz CT molecular complexity index is 383. The molecule has 18 heavy (non-hydrogen) atoms. The Morgan fingerprint density at radius 1 is 1.17 bits per heavy atom. The molecule has 0 heterocycles. The number of hydrogen-bond donors (Lipinski definition) is 1. The second-order valence-corrected chi connectivity index (χ2v) is 5.79. The largest absolute Gasteiger partial charge is 0.493 e. The Morgan fingerprint density at radius 3 is 2.33 bits per heavy atom. The average molecular weight is 251 g/mol. The van der Waals surface area contributed by atoms with Crippen molar-refractivity contribution < 1.29 is 9.47 Å². The van der Waals surface area contributed by atoms with Gasteiger partial charge in [0, 0.05) is 11.6 Å². The van der Waals surface area contributed by atoms with Gasteiger partial charge in [-0.2, -0.15) is 0 Å². The summed E-state index contributed by atoms with van der Waals surface area (Å²) in [6.07, 6.45) is 2.02. The number of rotatable bonds is 5. The van der Waals surface area contributed by atoms with Crippen LogP contribution in [-0.2, 0) is 0 Å². The number of benzene rings is 1. The lowest BCUT2D eigenvalue weighted by Gasteiger charge is -2.22. The monoisotopic (exact) mass is 251 g/mol. The average Bonchev–Trinajstić information content (AvgIpc) is 2.33. The summed E-state index contributed by atoms with van der Waals surface area (Å²) in [6, 6.07) is 5.83. The fourth-order valence-corrected chi connectivity index (χ4v) is 1.95. The molecule has 3 nitrogen and oxygen atoms in total. The van der Waals surface area contributed by atoms with Crippen LogP contribution >= 0.6 is 0 Å². The van der Waals surface area contributed by atoms with Gasteiger partial charge in [0.25, 0.3) is 0 Å². The molecule has 0 aromatic heterocycles. The molecular formula is C15H25NO2. The molecule has 0 spiro atoms. The molecule has 1 aromatic rings. The van der Waals surface area contributed by atoms with Gasteiger partial charge in [0.15, 0.2) is 11.5 Å². The summed E-state index contributed by atoms with van der Waals surface area (Å²) in [5.41, 5.74) is 7.58. The van der Waals surface area contributed by atoms with Crippen molar-refractivity contribution in [3.8, 4) is 11.5 Å². The standard InChI is InChI=1S/C15H25NO2/c1-15(2,3)10-9-12(16)11-7-6-8-13(17-4)14(11)18-5/h6-8,12H,9-10,16H2,1-5H3. The molecule has 0 aliphatic carbocycles. The molecular weight excluding hydrogens is 226 g/mol. The summed E-state index contributed by atoms with van der Waals surface area (Å²) in [4.78, 5) is 0. The molecule has 0 fully saturated rings. The Kier molecular flexibility index (Phi) is 5.03. The van der Waals surface area contributed by atoms with E-state index in [0.717, 1.165) is 29.9 Å². The second-order valence-electron chi connectivity index (χ2n) is 5.79. The van der Waals surface area contributed by atoms with Crippen LogP contribution in [0.4, 0.5) is 0 Å². The van der Waals surface area contributed by atoms with Gasteiger partial charge >= 0.3 is 0 Å². The molecule has 1 atom stereocenters. The van der Waals surface area contributed by atoms with E-state index in [9.17, 15) is 0 Å². The molecule has 0 aliphatic heterocycles. The van der Waals surface area contributed by atoms with Crippen molar-refractivity contribution in [3.63, 3.8) is 0 Å². The SMILES string of the molecule is COc1cccc(C(N)CCC(C)(C)C)c1OC. The van der Waals surface area contributed by atoms with E-state index < -0.39 is 0 Å². The lowest BCUT2D eigenvalue weighted by Crippen LogP contribution is -2.15. The maximum Gasteiger partial charge on any atom is 0.165 e. The third-order valence-corrected chi connectivity index (χ3v) is 3.04. The van der Waals surface area contributed by atoms with Crippen LogP contribution in [-0.4, -0.2) is 14.2 Å². The number of methoxy groups -OCH3 is 2. The van der Waals surface area contributed by atoms with E-state index in [4.69, 9.17) is 15.2 Å². The topological polar surface area (TPSA) is 44.5 Å². The van der Waals surface area contributed by atoms with Crippen molar-refractivity contribution >= 4 is 0 Å². The molecule has 1 aromatic carbocycles. The first-order valence-electron chi connectivity index (χ1n) is 6.35. The van der Waals surface area contributed by atoms with Crippen molar-refractivity contribution in [2.45, 2.75) is 39.7 Å². The van der Waals surface area contributed by atoms with Crippen LogP contribution in [0.3, 0.4) is 0 Å². The first-order chi connectivity index (χ1) is 8.39. The fraction of sp³-hybridized carbons (Fsp3) is 0.600. The molecule has 0 amide bonds. The van der Waals surface area contributed by atoms with Crippen molar-refractivity contribution in [2.75, 3.05) is 14.2 Å². The fourth-order valence-electron chi connectivity index (χ4n) is 1.95. The maximum atomic E-state index is 6.27. The Labute approximate surface area is 110 Å². The summed E-state index contributed by atoms with van der Waals surface area (Å²) in [7, 11) is 3.29. The Hall–Kier alpha value is -1.22. The predicted molar refractivity (Wildman–Crippen MR) is 75.2 cm³/mol. The first kappa shape index (κ1) is 14.8. The van der Waals surface area contributed by atoms with E-state index in [0.29, 0.717) is 5.41 Å².